The summed E-state index contributed by atoms with van der Waals surface area (Å²) < 4.78 is 1.63. The molecule has 1 unspecified atom stereocenters. The molecular weight excluding hydrogens is 270 g/mol. The van der Waals surface area contributed by atoms with E-state index in [1.54, 1.807) is 17.8 Å². The van der Waals surface area contributed by atoms with E-state index in [1.807, 2.05) is 30.3 Å². The number of nitrogens with one attached hydrogen (secondary N) is 1. The molecule has 7 heteroatoms. The number of hydrogen-bond acceptors (Lipinski definition) is 4. The molecule has 0 spiro atoms. The van der Waals surface area contributed by atoms with Crippen LogP contribution in [0.4, 0.5) is 0 Å². The van der Waals surface area contributed by atoms with Crippen LogP contribution in [0.1, 0.15) is 17.3 Å². The zero-order valence-electron chi connectivity index (χ0n) is 11.6. The van der Waals surface area contributed by atoms with Crippen LogP contribution in [0.25, 0.3) is 5.69 Å². The van der Waals surface area contributed by atoms with Gasteiger partial charge in [-0.15, -0.1) is 0 Å². The first-order chi connectivity index (χ1) is 10.1. The van der Waals surface area contributed by atoms with Crippen LogP contribution in [0.3, 0.4) is 0 Å². The van der Waals surface area contributed by atoms with Crippen molar-refractivity contribution >= 4 is 11.7 Å². The Labute approximate surface area is 122 Å². The van der Waals surface area contributed by atoms with E-state index in [9.17, 15) is 4.79 Å². The van der Waals surface area contributed by atoms with Crippen molar-refractivity contribution in [2.75, 3.05) is 6.54 Å². The van der Waals surface area contributed by atoms with Gasteiger partial charge in [0.1, 0.15) is 5.84 Å². The van der Waals surface area contributed by atoms with Crippen molar-refractivity contribution in [2.45, 2.75) is 6.92 Å². The molecule has 21 heavy (non-hydrogen) atoms. The summed E-state index contributed by atoms with van der Waals surface area (Å²) in [7, 11) is 0. The molecule has 0 aliphatic heterocycles. The number of hydrogen-bond donors (Lipinski definition) is 3. The highest BCUT2D eigenvalue weighted by Gasteiger charge is 2.12. The molecule has 2 rings (SSSR count). The Morgan fingerprint density at radius 2 is 2.19 bits per heavy atom. The van der Waals surface area contributed by atoms with Crippen LogP contribution in [0.5, 0.6) is 0 Å². The van der Waals surface area contributed by atoms with Crippen molar-refractivity contribution < 1.29 is 10.0 Å². The third-order valence-electron chi connectivity index (χ3n) is 3.05. The number of carbonyl (C=O) groups excluding carboxylic acids is 1. The van der Waals surface area contributed by atoms with Crippen LogP contribution in [0.2, 0.25) is 0 Å². The minimum Gasteiger partial charge on any atom is -0.409 e. The average molecular weight is 287 g/mol. The summed E-state index contributed by atoms with van der Waals surface area (Å²) in [5.41, 5.74) is 6.78. The number of oxime groups is 1. The van der Waals surface area contributed by atoms with Crippen molar-refractivity contribution in [1.29, 1.82) is 0 Å². The molecule has 4 N–H and O–H groups in total. The highest BCUT2D eigenvalue weighted by molar-refractivity contribution is 5.94. The van der Waals surface area contributed by atoms with E-state index in [-0.39, 0.29) is 24.2 Å². The molecule has 0 aliphatic rings. The highest BCUT2D eigenvalue weighted by Crippen LogP contribution is 2.07. The van der Waals surface area contributed by atoms with Crippen LogP contribution in [0.15, 0.2) is 47.9 Å². The zero-order valence-corrected chi connectivity index (χ0v) is 11.6. The van der Waals surface area contributed by atoms with Gasteiger partial charge in [0, 0.05) is 18.7 Å². The Bertz CT molecular complexity index is 636. The first-order valence-electron chi connectivity index (χ1n) is 6.47. The molecule has 0 radical (unpaired) electrons. The molecule has 2 aromatic rings. The fourth-order valence-corrected chi connectivity index (χ4v) is 1.71. The topological polar surface area (TPSA) is 106 Å². The molecule has 0 fully saturated rings. The average Bonchev–Trinajstić information content (AvgIpc) is 3.02. The fraction of sp³-hybridized carbons (Fsp3) is 0.214. The van der Waals surface area contributed by atoms with Gasteiger partial charge < -0.3 is 16.3 Å². The number of benzene rings is 1. The van der Waals surface area contributed by atoms with Crippen LogP contribution >= 0.6 is 0 Å². The number of carbonyl (C=O) groups is 1. The largest absolute Gasteiger partial charge is 0.409 e. The van der Waals surface area contributed by atoms with Gasteiger partial charge in [-0.3, -0.25) is 4.79 Å². The molecule has 0 aliphatic carbocycles. The maximum Gasteiger partial charge on any atom is 0.254 e. The van der Waals surface area contributed by atoms with Crippen LogP contribution in [-0.2, 0) is 0 Å². The summed E-state index contributed by atoms with van der Waals surface area (Å²) in [5, 5.41) is 18.3. The van der Waals surface area contributed by atoms with Gasteiger partial charge >= 0.3 is 0 Å². The number of nitrogens with zero attached hydrogens (tertiary/aromatic N) is 3. The standard InChI is InChI=1S/C14H17N5O2/c1-10(13(15)18-21)7-16-14(20)11-8-17-19(9-11)12-5-3-2-4-6-12/h2-6,8-10,21H,7H2,1H3,(H2,15,18)(H,16,20). The summed E-state index contributed by atoms with van der Waals surface area (Å²) in [6.07, 6.45) is 3.15. The van der Waals surface area contributed by atoms with Crippen LogP contribution in [0, 0.1) is 5.92 Å². The van der Waals surface area contributed by atoms with E-state index in [2.05, 4.69) is 15.6 Å². The van der Waals surface area contributed by atoms with E-state index in [1.165, 1.54) is 6.20 Å². The number of aromatic nitrogens is 2. The van der Waals surface area contributed by atoms with Gasteiger partial charge in [-0.25, -0.2) is 4.68 Å². The molecule has 1 amide bonds. The zero-order chi connectivity index (χ0) is 15.2. The van der Waals surface area contributed by atoms with E-state index in [0.29, 0.717) is 5.56 Å². The third-order valence-corrected chi connectivity index (χ3v) is 3.05. The van der Waals surface area contributed by atoms with Crippen LogP contribution in [-0.4, -0.2) is 33.3 Å². The highest BCUT2D eigenvalue weighted by atomic mass is 16.4. The van der Waals surface area contributed by atoms with E-state index in [0.717, 1.165) is 5.69 Å². The second-order valence-corrected chi connectivity index (χ2v) is 4.65. The SMILES string of the molecule is CC(CNC(=O)c1cnn(-c2ccccc2)c1)C(N)=NO. The van der Waals surface area contributed by atoms with E-state index >= 15 is 0 Å². The van der Waals surface area contributed by atoms with Crippen molar-refractivity contribution in [3.05, 3.63) is 48.3 Å². The van der Waals surface area contributed by atoms with Gasteiger partial charge in [-0.2, -0.15) is 5.10 Å². The predicted octanol–water partition coefficient (Wildman–Crippen LogP) is 0.985. The Kier molecular flexibility index (Phi) is 4.55. The monoisotopic (exact) mass is 287 g/mol. The lowest BCUT2D eigenvalue weighted by Crippen LogP contribution is -2.34. The molecular formula is C14H17N5O2. The number of rotatable bonds is 5. The summed E-state index contributed by atoms with van der Waals surface area (Å²) in [6.45, 7) is 2.04. The Balaban J connectivity index is 2.00. The lowest BCUT2D eigenvalue weighted by atomic mass is 10.1. The van der Waals surface area contributed by atoms with Crippen molar-refractivity contribution in [2.24, 2.45) is 16.8 Å². The summed E-state index contributed by atoms with van der Waals surface area (Å²) in [6, 6.07) is 9.50. The number of amidine groups is 1. The molecule has 1 heterocycles. The number of nitrogens with two attached hydrogens (primary N) is 1. The quantitative estimate of drug-likeness (QED) is 0.330. The summed E-state index contributed by atoms with van der Waals surface area (Å²) in [5.74, 6) is -0.423. The van der Waals surface area contributed by atoms with Gasteiger partial charge in [-0.05, 0) is 12.1 Å². The Morgan fingerprint density at radius 1 is 1.48 bits per heavy atom. The van der Waals surface area contributed by atoms with Crippen molar-refractivity contribution in [1.82, 2.24) is 15.1 Å². The van der Waals surface area contributed by atoms with Gasteiger partial charge in [0.2, 0.25) is 0 Å². The molecule has 1 aromatic carbocycles. The first kappa shape index (κ1) is 14.6. The second-order valence-electron chi connectivity index (χ2n) is 4.65. The lowest BCUT2D eigenvalue weighted by molar-refractivity contribution is 0.0951. The molecule has 110 valence electrons. The normalized spacial score (nSPS) is 12.9. The van der Waals surface area contributed by atoms with Gasteiger partial charge in [0.25, 0.3) is 5.91 Å². The maximum atomic E-state index is 12.0. The van der Waals surface area contributed by atoms with Gasteiger partial charge in [-0.1, -0.05) is 30.3 Å². The number of amides is 1. The van der Waals surface area contributed by atoms with Crippen molar-refractivity contribution in [3.8, 4) is 5.69 Å². The second kappa shape index (κ2) is 6.56. The van der Waals surface area contributed by atoms with E-state index < -0.39 is 0 Å². The smallest absolute Gasteiger partial charge is 0.254 e. The number of para-hydroxylation sites is 1. The molecule has 0 saturated carbocycles. The van der Waals surface area contributed by atoms with Gasteiger partial charge in [0.15, 0.2) is 0 Å². The summed E-state index contributed by atoms with van der Waals surface area (Å²) in [4.78, 5) is 12.0. The minimum atomic E-state index is -0.255. The Hall–Kier alpha value is -2.83. The Morgan fingerprint density at radius 3 is 2.86 bits per heavy atom. The molecule has 7 nitrogen and oxygen atoms in total. The maximum absolute atomic E-state index is 12.0. The third kappa shape index (κ3) is 3.59. The molecule has 0 saturated heterocycles. The molecule has 1 aromatic heterocycles. The van der Waals surface area contributed by atoms with Crippen molar-refractivity contribution in [3.63, 3.8) is 0 Å². The summed E-state index contributed by atoms with van der Waals surface area (Å²) >= 11 is 0. The first-order valence-corrected chi connectivity index (χ1v) is 6.47. The van der Waals surface area contributed by atoms with Crippen LogP contribution < -0.4 is 11.1 Å². The minimum absolute atomic E-state index is 0.0790. The fourth-order valence-electron chi connectivity index (χ4n) is 1.71. The molecule has 1 atom stereocenters. The lowest BCUT2D eigenvalue weighted by Gasteiger charge is -2.10. The molecule has 0 bridgehead atoms. The van der Waals surface area contributed by atoms with E-state index in [4.69, 9.17) is 10.9 Å². The van der Waals surface area contributed by atoms with Gasteiger partial charge in [0.05, 0.1) is 17.4 Å². The predicted molar refractivity (Wildman–Crippen MR) is 78.5 cm³/mol.